The van der Waals surface area contributed by atoms with Crippen molar-refractivity contribution in [2.45, 2.75) is 6.42 Å². The minimum Gasteiger partial charge on any atom is -0.372 e. The topological polar surface area (TPSA) is 26.3 Å². The van der Waals surface area contributed by atoms with Gasteiger partial charge in [0.1, 0.15) is 6.11 Å². The average molecular weight is 236 g/mol. The molecule has 0 unspecified atom stereocenters. The van der Waals surface area contributed by atoms with Gasteiger partial charge >= 0.3 is 5.97 Å². The van der Waals surface area contributed by atoms with E-state index in [1.54, 1.807) is 0 Å². The molecule has 2 nitrogen and oxygen atoms in total. The van der Waals surface area contributed by atoms with Crippen molar-refractivity contribution >= 4 is 5.97 Å². The number of carbonyl (C=O) groups is 1. The van der Waals surface area contributed by atoms with Crippen molar-refractivity contribution in [1.29, 1.82) is 0 Å². The molecule has 88 valence electrons. The van der Waals surface area contributed by atoms with E-state index in [1.807, 2.05) is 36.4 Å². The van der Waals surface area contributed by atoms with Crippen LogP contribution in [0.25, 0.3) is 11.1 Å². The second-order valence-electron chi connectivity index (χ2n) is 3.83. The SMILES string of the molecule is C#COC(=O)Cc1ccccc1.c1cc2ccc1-2. The number of benzene rings is 2. The van der Waals surface area contributed by atoms with Crippen molar-refractivity contribution in [2.24, 2.45) is 0 Å². The number of rotatable bonds is 2. The van der Waals surface area contributed by atoms with E-state index in [-0.39, 0.29) is 6.42 Å². The Kier molecular flexibility index (Phi) is 3.78. The van der Waals surface area contributed by atoms with Gasteiger partial charge in [-0.05, 0) is 16.7 Å². The molecule has 3 rings (SSSR count). The molecule has 18 heavy (non-hydrogen) atoms. The van der Waals surface area contributed by atoms with Crippen LogP contribution in [0.15, 0.2) is 54.6 Å². The minimum atomic E-state index is -0.399. The standard InChI is InChI=1S/C10H8O2.C6H4/c1-2-12-10(11)8-9-6-4-3-5-7-9;1-2-6-4-3-5(1)6/h1,3-7H,8H2;1-4H. The molecule has 0 saturated carbocycles. The summed E-state index contributed by atoms with van der Waals surface area (Å²) in [5, 5.41) is 0. The van der Waals surface area contributed by atoms with Crippen molar-refractivity contribution in [3.05, 3.63) is 60.2 Å². The number of terminal acetylenes is 1. The molecule has 0 aliphatic heterocycles. The van der Waals surface area contributed by atoms with Gasteiger partial charge in [-0.3, -0.25) is 4.79 Å². The Labute approximate surface area is 106 Å². The third kappa shape index (κ3) is 2.99. The zero-order chi connectivity index (χ0) is 12.8. The van der Waals surface area contributed by atoms with Crippen molar-refractivity contribution in [3.8, 4) is 23.7 Å². The van der Waals surface area contributed by atoms with Crippen LogP contribution in [0.1, 0.15) is 5.56 Å². The Hall–Kier alpha value is -2.53. The first-order valence-electron chi connectivity index (χ1n) is 5.59. The molecule has 1 aromatic rings. The molecule has 0 radical (unpaired) electrons. The summed E-state index contributed by atoms with van der Waals surface area (Å²) >= 11 is 0. The van der Waals surface area contributed by atoms with Crippen molar-refractivity contribution < 1.29 is 9.53 Å². The molecule has 0 N–H and O–H groups in total. The highest BCUT2D eigenvalue weighted by Gasteiger charge is 2.04. The molecule has 1 aromatic carbocycles. The van der Waals surface area contributed by atoms with Gasteiger partial charge < -0.3 is 4.74 Å². The Balaban J connectivity index is 0.000000164. The van der Waals surface area contributed by atoms with Gasteiger partial charge in [0, 0.05) is 0 Å². The lowest BCUT2D eigenvalue weighted by Crippen LogP contribution is -2.03. The van der Waals surface area contributed by atoms with Crippen molar-refractivity contribution in [3.63, 3.8) is 0 Å². The first-order chi connectivity index (χ1) is 8.79. The van der Waals surface area contributed by atoms with E-state index in [2.05, 4.69) is 29.0 Å². The highest BCUT2D eigenvalue weighted by atomic mass is 16.5. The fourth-order valence-corrected chi connectivity index (χ4v) is 1.53. The maximum Gasteiger partial charge on any atom is 0.324 e. The molecule has 0 atom stereocenters. The van der Waals surface area contributed by atoms with Crippen LogP contribution in [0.2, 0.25) is 0 Å². The Bertz CT molecular complexity index is 541. The summed E-state index contributed by atoms with van der Waals surface area (Å²) in [5.74, 6) is -0.399. The lowest BCUT2D eigenvalue weighted by Gasteiger charge is -2.10. The molecule has 0 aromatic heterocycles. The third-order valence-corrected chi connectivity index (χ3v) is 2.58. The molecule has 0 saturated heterocycles. The van der Waals surface area contributed by atoms with Crippen LogP contribution >= 0.6 is 0 Å². The predicted octanol–water partition coefficient (Wildman–Crippen LogP) is 3.03. The molecular formula is C16H12O2. The van der Waals surface area contributed by atoms with E-state index < -0.39 is 5.97 Å². The molecule has 0 fully saturated rings. The van der Waals surface area contributed by atoms with Gasteiger partial charge in [0.2, 0.25) is 0 Å². The van der Waals surface area contributed by atoms with Gasteiger partial charge in [-0.1, -0.05) is 61.0 Å². The number of hydrogen-bond donors (Lipinski definition) is 0. The summed E-state index contributed by atoms with van der Waals surface area (Å²) in [6.07, 6.45) is 6.86. The van der Waals surface area contributed by atoms with Gasteiger partial charge in [-0.25, -0.2) is 0 Å². The Morgan fingerprint density at radius 2 is 1.56 bits per heavy atom. The van der Waals surface area contributed by atoms with Crippen LogP contribution in [-0.2, 0) is 16.0 Å². The lowest BCUT2D eigenvalue weighted by molar-refractivity contribution is -0.136. The van der Waals surface area contributed by atoms with Gasteiger partial charge in [-0.2, -0.15) is 0 Å². The molecular weight excluding hydrogens is 224 g/mol. The number of hydrogen-bond acceptors (Lipinski definition) is 2. The first kappa shape index (κ1) is 11.9. The molecule has 0 spiro atoms. The van der Waals surface area contributed by atoms with Crippen LogP contribution in [0.4, 0.5) is 0 Å². The molecule has 2 aliphatic carbocycles. The van der Waals surface area contributed by atoms with Gasteiger partial charge in [0.05, 0.1) is 6.42 Å². The second-order valence-corrected chi connectivity index (χ2v) is 3.83. The minimum absolute atomic E-state index is 0.227. The number of carbonyl (C=O) groups excluding carboxylic acids is 1. The van der Waals surface area contributed by atoms with E-state index >= 15 is 0 Å². The summed E-state index contributed by atoms with van der Waals surface area (Å²) in [6, 6.07) is 17.8. The van der Waals surface area contributed by atoms with Crippen molar-refractivity contribution in [2.75, 3.05) is 0 Å². The van der Waals surface area contributed by atoms with Crippen LogP contribution in [0, 0.1) is 12.5 Å². The molecule has 0 heterocycles. The molecule has 2 heteroatoms. The van der Waals surface area contributed by atoms with Crippen LogP contribution in [0.3, 0.4) is 0 Å². The zero-order valence-corrected chi connectivity index (χ0v) is 9.80. The highest BCUT2D eigenvalue weighted by molar-refractivity contribution is 5.75. The maximum atomic E-state index is 10.8. The van der Waals surface area contributed by atoms with Crippen LogP contribution in [0.5, 0.6) is 0 Å². The zero-order valence-electron chi connectivity index (χ0n) is 9.80. The Morgan fingerprint density at radius 1 is 1.00 bits per heavy atom. The normalized spacial score (nSPS) is 9.50. The largest absolute Gasteiger partial charge is 0.372 e. The summed E-state index contributed by atoms with van der Waals surface area (Å²) in [6.45, 7) is 0. The second kappa shape index (κ2) is 5.70. The fraction of sp³-hybridized carbons (Fsp3) is 0.0625. The molecule has 0 amide bonds. The highest BCUT2D eigenvalue weighted by Crippen LogP contribution is 2.29. The smallest absolute Gasteiger partial charge is 0.324 e. The van der Waals surface area contributed by atoms with E-state index in [0.717, 1.165) is 5.56 Å². The summed E-state index contributed by atoms with van der Waals surface area (Å²) in [5.41, 5.74) is 3.75. The van der Waals surface area contributed by atoms with E-state index in [1.165, 1.54) is 11.1 Å². The summed E-state index contributed by atoms with van der Waals surface area (Å²) in [4.78, 5) is 10.8. The fourth-order valence-electron chi connectivity index (χ4n) is 1.53. The molecule has 0 bridgehead atoms. The summed E-state index contributed by atoms with van der Waals surface area (Å²) in [7, 11) is 0. The average Bonchev–Trinajstić information content (AvgIpc) is 2.36. The van der Waals surface area contributed by atoms with E-state index in [4.69, 9.17) is 6.42 Å². The number of esters is 1. The maximum absolute atomic E-state index is 10.8. The number of fused-ring (bicyclic) bond motifs is 1. The molecule has 2 aliphatic rings. The van der Waals surface area contributed by atoms with Gasteiger partial charge in [0.15, 0.2) is 0 Å². The first-order valence-corrected chi connectivity index (χ1v) is 5.59. The van der Waals surface area contributed by atoms with Gasteiger partial charge in [0.25, 0.3) is 0 Å². The van der Waals surface area contributed by atoms with Crippen LogP contribution in [-0.4, -0.2) is 5.97 Å². The van der Waals surface area contributed by atoms with Crippen LogP contribution < -0.4 is 0 Å². The predicted molar refractivity (Wildman–Crippen MR) is 70.5 cm³/mol. The Morgan fingerprint density at radius 3 is 1.94 bits per heavy atom. The third-order valence-electron chi connectivity index (χ3n) is 2.58. The monoisotopic (exact) mass is 236 g/mol. The number of ether oxygens (including phenoxy) is 1. The summed E-state index contributed by atoms with van der Waals surface area (Å²) < 4.78 is 4.33. The lowest BCUT2D eigenvalue weighted by atomic mass is 9.95. The van der Waals surface area contributed by atoms with E-state index in [9.17, 15) is 4.79 Å². The quantitative estimate of drug-likeness (QED) is 0.505. The van der Waals surface area contributed by atoms with Crippen molar-refractivity contribution in [1.82, 2.24) is 0 Å². The van der Waals surface area contributed by atoms with Gasteiger partial charge in [-0.15, -0.1) is 0 Å². The van der Waals surface area contributed by atoms with E-state index in [0.29, 0.717) is 0 Å².